The van der Waals surface area contributed by atoms with Crippen LogP contribution in [0.15, 0.2) is 24.3 Å². The van der Waals surface area contributed by atoms with Gasteiger partial charge in [-0.1, -0.05) is 17.7 Å². The maximum atomic E-state index is 16.6. The van der Waals surface area contributed by atoms with Crippen LogP contribution >= 0.6 is 22.9 Å². The van der Waals surface area contributed by atoms with Crippen LogP contribution in [-0.4, -0.2) is 62.9 Å². The Morgan fingerprint density at radius 3 is 2.58 bits per heavy atom. The predicted molar refractivity (Wildman–Crippen MR) is 176 cm³/mol. The van der Waals surface area contributed by atoms with E-state index in [-0.39, 0.29) is 71.7 Å². The maximum absolute atomic E-state index is 16.6. The van der Waals surface area contributed by atoms with Crippen LogP contribution < -0.4 is 10.2 Å². The van der Waals surface area contributed by atoms with Crippen molar-refractivity contribution >= 4 is 66.7 Å². The zero-order valence-electron chi connectivity index (χ0n) is 26.4. The Hall–Kier alpha value is -4.94. The van der Waals surface area contributed by atoms with Gasteiger partial charge in [0.25, 0.3) is 5.91 Å². The van der Waals surface area contributed by atoms with Gasteiger partial charge in [0.1, 0.15) is 33.8 Å². The van der Waals surface area contributed by atoms with Crippen LogP contribution in [0.4, 0.5) is 28.8 Å². The molecule has 0 bridgehead atoms. The number of benzene rings is 2. The van der Waals surface area contributed by atoms with Gasteiger partial charge in [-0.05, 0) is 51.0 Å². The second kappa shape index (κ2) is 12.3. The summed E-state index contributed by atoms with van der Waals surface area (Å²) in [5, 5.41) is 17.0. The van der Waals surface area contributed by atoms with Gasteiger partial charge in [-0.15, -0.1) is 11.3 Å². The number of nitriles is 1. The van der Waals surface area contributed by atoms with E-state index in [9.17, 15) is 14.9 Å². The molecule has 5 aromatic rings. The first kappa shape index (κ1) is 33.0. The first-order chi connectivity index (χ1) is 22.7. The highest BCUT2D eigenvalue weighted by Crippen LogP contribution is 2.46. The van der Waals surface area contributed by atoms with Gasteiger partial charge in [-0.3, -0.25) is 14.8 Å². The fourth-order valence-corrected chi connectivity index (χ4v) is 6.95. The molecule has 0 fully saturated rings. The summed E-state index contributed by atoms with van der Waals surface area (Å²) in [5.74, 6) is -1.91. The highest BCUT2D eigenvalue weighted by molar-refractivity contribution is 7.23. The highest BCUT2D eigenvalue weighted by Gasteiger charge is 2.29. The number of aromatic nitrogens is 4. The summed E-state index contributed by atoms with van der Waals surface area (Å²) in [4.78, 5) is 36.0. The molecule has 16 heteroatoms. The minimum absolute atomic E-state index is 0.00285. The van der Waals surface area contributed by atoms with Crippen molar-refractivity contribution in [2.24, 2.45) is 0 Å². The van der Waals surface area contributed by atoms with Crippen molar-refractivity contribution in [1.82, 2.24) is 24.6 Å². The molecule has 48 heavy (non-hydrogen) atoms. The molecule has 0 unspecified atom stereocenters. The standard InChI is InChI=1S/C32H28ClF3N8O3S/c1-32(2,3)47-31(46)40-28-18(13-37)22-16(7-8-20(34)26(22)48-28)23-19(33)12-17-25(24(23)35)38-30(36)39-27(17)43-9-6-10-44-15(14-43)11-21(41-44)29(45)42(4)5/h7-8,11-12H,6,9-10,14H2,1-5H3,(H,40,46). The average molecular weight is 697 g/mol. The summed E-state index contributed by atoms with van der Waals surface area (Å²) < 4.78 is 53.8. The van der Waals surface area contributed by atoms with Crippen LogP contribution in [0.3, 0.4) is 0 Å². The van der Waals surface area contributed by atoms with E-state index in [1.807, 2.05) is 6.07 Å². The number of aryl methyl sites for hydroxylation is 1. The summed E-state index contributed by atoms with van der Waals surface area (Å²) in [6, 6.07) is 7.39. The van der Waals surface area contributed by atoms with Gasteiger partial charge in [0.15, 0.2) is 11.5 Å². The number of carbonyl (C=O) groups excluding carboxylic acids is 2. The molecule has 248 valence electrons. The number of thiophene rings is 1. The van der Waals surface area contributed by atoms with Crippen molar-refractivity contribution in [3.8, 4) is 17.2 Å². The quantitative estimate of drug-likeness (QED) is 0.197. The molecule has 0 aliphatic carbocycles. The predicted octanol–water partition coefficient (Wildman–Crippen LogP) is 7.11. The molecule has 0 spiro atoms. The largest absolute Gasteiger partial charge is 0.444 e. The fourth-order valence-electron chi connectivity index (χ4n) is 5.59. The van der Waals surface area contributed by atoms with Crippen LogP contribution in [0.25, 0.3) is 32.1 Å². The summed E-state index contributed by atoms with van der Waals surface area (Å²) in [5.41, 5.74) is -0.612. The summed E-state index contributed by atoms with van der Waals surface area (Å²) in [6.45, 7) is 6.07. The number of fused-ring (bicyclic) bond motifs is 3. The second-order valence-corrected chi connectivity index (χ2v) is 13.8. The van der Waals surface area contributed by atoms with Crippen LogP contribution in [0.1, 0.15) is 48.9 Å². The Morgan fingerprint density at radius 2 is 1.90 bits per heavy atom. The number of anilines is 2. The Labute approximate surface area is 281 Å². The number of halogens is 4. The minimum atomic E-state index is -1.19. The average Bonchev–Trinajstić information content (AvgIpc) is 3.51. The van der Waals surface area contributed by atoms with Crippen LogP contribution in [0.5, 0.6) is 0 Å². The molecule has 1 N–H and O–H groups in total. The monoisotopic (exact) mass is 696 g/mol. The number of carbonyl (C=O) groups is 2. The first-order valence-corrected chi connectivity index (χ1v) is 15.9. The number of ether oxygens (including phenoxy) is 1. The fraction of sp³-hybridized carbons (Fsp3) is 0.312. The summed E-state index contributed by atoms with van der Waals surface area (Å²) in [7, 11) is 3.25. The molecule has 2 aromatic carbocycles. The summed E-state index contributed by atoms with van der Waals surface area (Å²) >= 11 is 7.53. The van der Waals surface area contributed by atoms with Crippen molar-refractivity contribution in [3.05, 3.63) is 64.0 Å². The van der Waals surface area contributed by atoms with E-state index in [2.05, 4.69) is 20.4 Å². The Bertz CT molecular complexity index is 2190. The van der Waals surface area contributed by atoms with E-state index in [0.29, 0.717) is 25.2 Å². The normalized spacial score (nSPS) is 13.3. The van der Waals surface area contributed by atoms with Gasteiger partial charge in [-0.25, -0.2) is 13.6 Å². The maximum Gasteiger partial charge on any atom is 0.412 e. The van der Waals surface area contributed by atoms with E-state index in [4.69, 9.17) is 16.3 Å². The zero-order valence-corrected chi connectivity index (χ0v) is 28.0. The second-order valence-electron chi connectivity index (χ2n) is 12.3. The molecule has 0 radical (unpaired) electrons. The smallest absolute Gasteiger partial charge is 0.412 e. The van der Waals surface area contributed by atoms with Crippen LogP contribution in [-0.2, 0) is 17.8 Å². The number of nitrogens with zero attached hydrogens (tertiary/aromatic N) is 7. The number of nitrogens with one attached hydrogen (secondary N) is 1. The van der Waals surface area contributed by atoms with E-state index >= 15 is 13.2 Å². The lowest BCUT2D eigenvalue weighted by atomic mass is 9.97. The molecule has 2 amide bonds. The topological polar surface area (TPSA) is 129 Å². The zero-order chi connectivity index (χ0) is 34.7. The van der Waals surface area contributed by atoms with Gasteiger partial charge in [0.2, 0.25) is 0 Å². The Morgan fingerprint density at radius 1 is 1.15 bits per heavy atom. The molecular formula is C32H28ClF3N8O3S. The molecule has 0 saturated carbocycles. The van der Waals surface area contributed by atoms with Crippen molar-refractivity contribution in [2.45, 2.75) is 45.9 Å². The van der Waals surface area contributed by atoms with Gasteiger partial charge in [0.05, 0.1) is 27.5 Å². The van der Waals surface area contributed by atoms with Crippen molar-refractivity contribution in [1.29, 1.82) is 5.26 Å². The molecular weight excluding hydrogens is 669 g/mol. The van der Waals surface area contributed by atoms with E-state index < -0.39 is 29.4 Å². The third kappa shape index (κ3) is 5.97. The lowest BCUT2D eigenvalue weighted by molar-refractivity contribution is 0.0636. The van der Waals surface area contributed by atoms with Crippen molar-refractivity contribution in [2.75, 3.05) is 30.9 Å². The number of amides is 2. The lowest BCUT2D eigenvalue weighted by Crippen LogP contribution is -2.27. The highest BCUT2D eigenvalue weighted by atomic mass is 35.5. The van der Waals surface area contributed by atoms with Crippen molar-refractivity contribution < 1.29 is 27.5 Å². The SMILES string of the molecule is CN(C)C(=O)c1cc2n(n1)CCCN(c1nc(F)nc3c(F)c(-c4ccc(F)c5sc(NC(=O)OC(C)(C)C)c(C#N)c45)c(Cl)cc13)C2. The van der Waals surface area contributed by atoms with E-state index in [0.717, 1.165) is 17.4 Å². The Kier molecular flexibility index (Phi) is 8.42. The molecule has 11 nitrogen and oxygen atoms in total. The molecule has 4 heterocycles. The van der Waals surface area contributed by atoms with Gasteiger partial charge in [0, 0.05) is 43.5 Å². The van der Waals surface area contributed by atoms with Gasteiger partial charge >= 0.3 is 12.2 Å². The summed E-state index contributed by atoms with van der Waals surface area (Å²) in [6.07, 6.45) is -1.49. The third-order valence-corrected chi connectivity index (χ3v) is 8.97. The molecule has 0 saturated heterocycles. The van der Waals surface area contributed by atoms with E-state index in [1.54, 1.807) is 50.5 Å². The van der Waals surface area contributed by atoms with Crippen LogP contribution in [0, 0.1) is 29.0 Å². The molecule has 0 atom stereocenters. The van der Waals surface area contributed by atoms with Crippen molar-refractivity contribution in [3.63, 3.8) is 0 Å². The van der Waals surface area contributed by atoms with Gasteiger partial charge < -0.3 is 14.5 Å². The number of hydrogen-bond donors (Lipinski definition) is 1. The first-order valence-electron chi connectivity index (χ1n) is 14.7. The number of rotatable bonds is 4. The van der Waals surface area contributed by atoms with Gasteiger partial charge in [-0.2, -0.15) is 24.7 Å². The minimum Gasteiger partial charge on any atom is -0.444 e. The Balaban J connectivity index is 1.47. The molecule has 6 rings (SSSR count). The molecule has 1 aliphatic rings. The number of hydrogen-bond acceptors (Lipinski definition) is 9. The lowest BCUT2D eigenvalue weighted by Gasteiger charge is -2.23. The molecule has 3 aromatic heterocycles. The van der Waals surface area contributed by atoms with Crippen LogP contribution in [0.2, 0.25) is 5.02 Å². The third-order valence-electron chi connectivity index (χ3n) is 7.56. The molecule has 1 aliphatic heterocycles. The van der Waals surface area contributed by atoms with E-state index in [1.165, 1.54) is 17.0 Å².